The average molecular weight is 244 g/mol. The minimum absolute atomic E-state index is 0.142. The molecule has 3 heteroatoms. The lowest BCUT2D eigenvalue weighted by Crippen LogP contribution is -1.93. The highest BCUT2D eigenvalue weighted by Gasteiger charge is 2.06. The zero-order chi connectivity index (χ0) is 13.0. The van der Waals surface area contributed by atoms with E-state index in [-0.39, 0.29) is 11.5 Å². The van der Waals surface area contributed by atoms with Crippen LogP contribution in [0.1, 0.15) is 11.1 Å². The Bertz CT molecular complexity index is 498. The van der Waals surface area contributed by atoms with Gasteiger partial charge in [-0.25, -0.2) is 0 Å². The van der Waals surface area contributed by atoms with Crippen LogP contribution in [-0.4, -0.2) is 17.3 Å². The van der Waals surface area contributed by atoms with E-state index < -0.39 is 0 Å². The van der Waals surface area contributed by atoms with Crippen LogP contribution in [0.3, 0.4) is 0 Å². The summed E-state index contributed by atoms with van der Waals surface area (Å²) >= 11 is 0. The summed E-state index contributed by atoms with van der Waals surface area (Å²) in [7, 11) is 1.63. The van der Waals surface area contributed by atoms with Gasteiger partial charge in [-0.15, -0.1) is 0 Å². The number of aryl methyl sites for hydroxylation is 1. The molecule has 0 spiro atoms. The molecular weight excluding hydrogens is 228 g/mol. The highest BCUT2D eigenvalue weighted by atomic mass is 16.5. The van der Waals surface area contributed by atoms with Gasteiger partial charge in [0.2, 0.25) is 0 Å². The van der Waals surface area contributed by atoms with E-state index >= 15 is 0 Å². The van der Waals surface area contributed by atoms with Crippen LogP contribution < -0.4 is 4.74 Å². The fraction of sp³-hybridized carbons (Fsp3) is 0.200. The highest BCUT2D eigenvalue weighted by Crippen LogP contribution is 2.27. The van der Waals surface area contributed by atoms with Gasteiger partial charge in [0, 0.05) is 5.56 Å². The minimum Gasteiger partial charge on any atom is -0.508 e. The summed E-state index contributed by atoms with van der Waals surface area (Å²) in [6, 6.07) is 12.6. The SMILES string of the molecule is COc1ccc(CCc2c(O)cccc2O)cc1. The molecule has 0 unspecified atom stereocenters. The molecular formula is C15H16O3. The predicted molar refractivity (Wildman–Crippen MR) is 70.2 cm³/mol. The van der Waals surface area contributed by atoms with Crippen LogP contribution in [0.5, 0.6) is 17.2 Å². The quantitative estimate of drug-likeness (QED) is 0.869. The molecule has 2 N–H and O–H groups in total. The van der Waals surface area contributed by atoms with Gasteiger partial charge < -0.3 is 14.9 Å². The Morgan fingerprint density at radius 1 is 0.889 bits per heavy atom. The van der Waals surface area contributed by atoms with Crippen molar-refractivity contribution in [2.75, 3.05) is 7.11 Å². The number of ether oxygens (including phenoxy) is 1. The zero-order valence-corrected chi connectivity index (χ0v) is 10.3. The number of phenolic OH excluding ortho intramolecular Hbond substituents is 2. The second kappa shape index (κ2) is 5.45. The minimum atomic E-state index is 0.142. The Labute approximate surface area is 106 Å². The van der Waals surface area contributed by atoms with Crippen LogP contribution in [0.4, 0.5) is 0 Å². The second-order valence-electron chi connectivity index (χ2n) is 4.12. The number of benzene rings is 2. The number of phenols is 2. The number of hydrogen-bond acceptors (Lipinski definition) is 3. The molecule has 0 fully saturated rings. The molecule has 0 radical (unpaired) electrons. The standard InChI is InChI=1S/C15H16O3/c1-18-12-8-5-11(6-9-12)7-10-13-14(16)3-2-4-15(13)17/h2-6,8-9,16-17H,7,10H2,1H3. The van der Waals surface area contributed by atoms with E-state index in [0.717, 1.165) is 17.7 Å². The Balaban J connectivity index is 2.06. The van der Waals surface area contributed by atoms with Gasteiger partial charge in [0.15, 0.2) is 0 Å². The smallest absolute Gasteiger partial charge is 0.122 e. The summed E-state index contributed by atoms with van der Waals surface area (Å²) in [5.74, 6) is 1.11. The van der Waals surface area contributed by atoms with Crippen LogP contribution in [0.2, 0.25) is 0 Å². The number of rotatable bonds is 4. The van der Waals surface area contributed by atoms with Gasteiger partial charge >= 0.3 is 0 Å². The van der Waals surface area contributed by atoms with Crippen LogP contribution >= 0.6 is 0 Å². The van der Waals surface area contributed by atoms with Crippen molar-refractivity contribution >= 4 is 0 Å². The van der Waals surface area contributed by atoms with Gasteiger partial charge in [-0.3, -0.25) is 0 Å². The first-order chi connectivity index (χ1) is 8.70. The molecule has 0 aromatic heterocycles. The molecule has 2 aromatic carbocycles. The summed E-state index contributed by atoms with van der Waals surface area (Å²) in [5.41, 5.74) is 1.73. The van der Waals surface area contributed by atoms with Gasteiger partial charge in [-0.05, 0) is 42.7 Å². The normalized spacial score (nSPS) is 10.3. The fourth-order valence-electron chi connectivity index (χ4n) is 1.88. The predicted octanol–water partition coefficient (Wildman–Crippen LogP) is 2.89. The first-order valence-electron chi connectivity index (χ1n) is 5.83. The summed E-state index contributed by atoms with van der Waals surface area (Å²) in [5, 5.41) is 19.3. The summed E-state index contributed by atoms with van der Waals surface area (Å²) in [6.45, 7) is 0. The maximum atomic E-state index is 9.67. The second-order valence-corrected chi connectivity index (χ2v) is 4.12. The molecule has 2 aromatic rings. The van der Waals surface area contributed by atoms with Crippen LogP contribution in [0.25, 0.3) is 0 Å². The summed E-state index contributed by atoms with van der Waals surface area (Å²) in [4.78, 5) is 0. The molecule has 0 bridgehead atoms. The van der Waals surface area contributed by atoms with Gasteiger partial charge in [-0.2, -0.15) is 0 Å². The van der Waals surface area contributed by atoms with Crippen molar-refractivity contribution in [3.8, 4) is 17.2 Å². The third-order valence-electron chi connectivity index (χ3n) is 2.95. The molecule has 0 saturated carbocycles. The number of aromatic hydroxyl groups is 2. The monoisotopic (exact) mass is 244 g/mol. The topological polar surface area (TPSA) is 49.7 Å². The molecule has 0 saturated heterocycles. The maximum Gasteiger partial charge on any atom is 0.122 e. The molecule has 18 heavy (non-hydrogen) atoms. The first-order valence-corrected chi connectivity index (χ1v) is 5.83. The molecule has 0 amide bonds. The van der Waals surface area contributed by atoms with E-state index in [1.54, 1.807) is 25.3 Å². The van der Waals surface area contributed by atoms with Crippen molar-refractivity contribution in [1.82, 2.24) is 0 Å². The van der Waals surface area contributed by atoms with E-state index in [2.05, 4.69) is 0 Å². The molecule has 3 nitrogen and oxygen atoms in total. The summed E-state index contributed by atoms with van der Waals surface area (Å²) < 4.78 is 5.09. The van der Waals surface area contributed by atoms with Gasteiger partial charge in [0.25, 0.3) is 0 Å². The molecule has 0 aliphatic rings. The number of methoxy groups -OCH3 is 1. The highest BCUT2D eigenvalue weighted by molar-refractivity contribution is 5.43. The lowest BCUT2D eigenvalue weighted by atomic mass is 10.0. The van der Waals surface area contributed by atoms with Gasteiger partial charge in [-0.1, -0.05) is 18.2 Å². The van der Waals surface area contributed by atoms with Gasteiger partial charge in [0.1, 0.15) is 17.2 Å². The van der Waals surface area contributed by atoms with Crippen molar-refractivity contribution in [2.45, 2.75) is 12.8 Å². The van der Waals surface area contributed by atoms with Crippen LogP contribution in [0.15, 0.2) is 42.5 Å². The van der Waals surface area contributed by atoms with E-state index in [4.69, 9.17) is 4.74 Å². The largest absolute Gasteiger partial charge is 0.508 e. The Morgan fingerprint density at radius 3 is 2.06 bits per heavy atom. The molecule has 0 aliphatic carbocycles. The van der Waals surface area contributed by atoms with E-state index in [9.17, 15) is 10.2 Å². The Morgan fingerprint density at radius 2 is 1.50 bits per heavy atom. The zero-order valence-electron chi connectivity index (χ0n) is 10.3. The van der Waals surface area contributed by atoms with Crippen molar-refractivity contribution in [3.05, 3.63) is 53.6 Å². The average Bonchev–Trinajstić information content (AvgIpc) is 2.39. The van der Waals surface area contributed by atoms with E-state index in [1.165, 1.54) is 0 Å². The van der Waals surface area contributed by atoms with E-state index in [1.807, 2.05) is 24.3 Å². The Kier molecular flexibility index (Phi) is 3.72. The van der Waals surface area contributed by atoms with E-state index in [0.29, 0.717) is 12.0 Å². The van der Waals surface area contributed by atoms with Gasteiger partial charge in [0.05, 0.1) is 7.11 Å². The molecule has 94 valence electrons. The maximum absolute atomic E-state index is 9.67. The summed E-state index contributed by atoms with van der Waals surface area (Å²) in [6.07, 6.45) is 1.36. The van der Waals surface area contributed by atoms with Crippen molar-refractivity contribution < 1.29 is 14.9 Å². The third kappa shape index (κ3) is 2.74. The Hall–Kier alpha value is -2.16. The molecule has 0 aliphatic heterocycles. The van der Waals surface area contributed by atoms with Crippen molar-refractivity contribution in [3.63, 3.8) is 0 Å². The first kappa shape index (κ1) is 12.3. The molecule has 0 heterocycles. The number of hydrogen-bond donors (Lipinski definition) is 2. The molecule has 2 rings (SSSR count). The molecule has 0 atom stereocenters. The van der Waals surface area contributed by atoms with Crippen molar-refractivity contribution in [2.24, 2.45) is 0 Å². The van der Waals surface area contributed by atoms with Crippen LogP contribution in [-0.2, 0) is 12.8 Å². The third-order valence-corrected chi connectivity index (χ3v) is 2.95. The fourth-order valence-corrected chi connectivity index (χ4v) is 1.88. The lowest BCUT2D eigenvalue weighted by Gasteiger charge is -2.07. The van der Waals surface area contributed by atoms with Crippen molar-refractivity contribution in [1.29, 1.82) is 0 Å². The van der Waals surface area contributed by atoms with Crippen LogP contribution in [0, 0.1) is 0 Å². The lowest BCUT2D eigenvalue weighted by molar-refractivity contribution is 0.414.